The van der Waals surface area contributed by atoms with Gasteiger partial charge in [-0.25, -0.2) is 4.98 Å². The normalized spacial score (nSPS) is 11.9. The molecule has 5 nitrogen and oxygen atoms in total. The van der Waals surface area contributed by atoms with Gasteiger partial charge in [0.25, 0.3) is 0 Å². The van der Waals surface area contributed by atoms with Crippen molar-refractivity contribution in [2.45, 2.75) is 13.1 Å². The first-order valence-electron chi connectivity index (χ1n) is 6.23. The van der Waals surface area contributed by atoms with Crippen LogP contribution in [0.1, 0.15) is 10.6 Å². The highest BCUT2D eigenvalue weighted by Crippen LogP contribution is 2.11. The molecule has 0 aliphatic carbocycles. The SMILES string of the molecule is CN=C(NCc1cn2ccsc2n1)NCc1cccs1. The quantitative estimate of drug-likeness (QED) is 0.574. The van der Waals surface area contributed by atoms with Gasteiger partial charge in [-0.15, -0.1) is 22.7 Å². The van der Waals surface area contributed by atoms with Crippen LogP contribution in [0.2, 0.25) is 0 Å². The molecule has 0 amide bonds. The van der Waals surface area contributed by atoms with Crippen LogP contribution >= 0.6 is 22.7 Å². The van der Waals surface area contributed by atoms with Gasteiger partial charge in [-0.2, -0.15) is 0 Å². The van der Waals surface area contributed by atoms with Crippen molar-refractivity contribution in [1.82, 2.24) is 20.0 Å². The fourth-order valence-electron chi connectivity index (χ4n) is 1.84. The fourth-order valence-corrected chi connectivity index (χ4v) is 3.20. The summed E-state index contributed by atoms with van der Waals surface area (Å²) >= 11 is 3.37. The standard InChI is InChI=1S/C13H15N5S2/c1-14-12(16-8-11-3-2-5-19-11)15-7-10-9-18-4-6-20-13(18)17-10/h2-6,9H,7-8H2,1H3,(H2,14,15,16). The smallest absolute Gasteiger partial charge is 0.193 e. The molecule has 3 aromatic heterocycles. The molecule has 0 aliphatic heterocycles. The van der Waals surface area contributed by atoms with Crippen LogP contribution in [0.3, 0.4) is 0 Å². The van der Waals surface area contributed by atoms with Crippen LogP contribution in [0.5, 0.6) is 0 Å². The first-order valence-corrected chi connectivity index (χ1v) is 7.99. The molecule has 0 saturated carbocycles. The maximum absolute atomic E-state index is 4.53. The number of rotatable bonds is 4. The summed E-state index contributed by atoms with van der Waals surface area (Å²) < 4.78 is 2.03. The Balaban J connectivity index is 1.54. The molecule has 3 aromatic rings. The second-order valence-corrected chi connectivity index (χ2v) is 6.09. The summed E-state index contributed by atoms with van der Waals surface area (Å²) in [5.41, 5.74) is 1.01. The summed E-state index contributed by atoms with van der Waals surface area (Å²) in [6, 6.07) is 4.16. The lowest BCUT2D eigenvalue weighted by Gasteiger charge is -2.09. The van der Waals surface area contributed by atoms with Crippen LogP contribution in [-0.4, -0.2) is 22.4 Å². The van der Waals surface area contributed by atoms with Crippen LogP contribution in [0.15, 0.2) is 40.3 Å². The van der Waals surface area contributed by atoms with Crippen molar-refractivity contribution in [2.75, 3.05) is 7.05 Å². The predicted molar refractivity (Wildman–Crippen MR) is 84.4 cm³/mol. The van der Waals surface area contributed by atoms with Gasteiger partial charge in [-0.3, -0.25) is 9.39 Å². The number of thiazole rings is 1. The number of hydrogen-bond acceptors (Lipinski definition) is 4. The maximum Gasteiger partial charge on any atom is 0.193 e. The van der Waals surface area contributed by atoms with Crippen LogP contribution in [0.4, 0.5) is 0 Å². The monoisotopic (exact) mass is 305 g/mol. The molecule has 0 radical (unpaired) electrons. The summed E-state index contributed by atoms with van der Waals surface area (Å²) in [6.07, 6.45) is 4.05. The molecule has 3 rings (SSSR count). The molecule has 104 valence electrons. The summed E-state index contributed by atoms with van der Waals surface area (Å²) in [7, 11) is 1.77. The van der Waals surface area contributed by atoms with Crippen molar-refractivity contribution in [3.05, 3.63) is 45.9 Å². The summed E-state index contributed by atoms with van der Waals surface area (Å²) in [6.45, 7) is 1.45. The van der Waals surface area contributed by atoms with Gasteiger partial charge in [0.2, 0.25) is 0 Å². The molecule has 0 bridgehead atoms. The Labute approximate surface area is 125 Å². The molecule has 0 atom stereocenters. The van der Waals surface area contributed by atoms with Crippen molar-refractivity contribution in [3.8, 4) is 0 Å². The summed E-state index contributed by atoms with van der Waals surface area (Å²) in [4.78, 5) is 11.0. The first kappa shape index (κ1) is 13.1. The first-order chi connectivity index (χ1) is 9.85. The number of nitrogens with one attached hydrogen (secondary N) is 2. The Hall–Kier alpha value is -1.86. The molecule has 0 aliphatic rings. The fraction of sp³-hybridized carbons (Fsp3) is 0.231. The van der Waals surface area contributed by atoms with E-state index in [2.05, 4.69) is 38.1 Å². The zero-order valence-electron chi connectivity index (χ0n) is 11.0. The zero-order chi connectivity index (χ0) is 13.8. The van der Waals surface area contributed by atoms with Crippen molar-refractivity contribution in [1.29, 1.82) is 0 Å². The molecule has 2 N–H and O–H groups in total. The van der Waals surface area contributed by atoms with E-state index in [1.165, 1.54) is 4.88 Å². The lowest BCUT2D eigenvalue weighted by atomic mass is 10.4. The van der Waals surface area contributed by atoms with E-state index in [0.717, 1.165) is 23.2 Å². The van der Waals surface area contributed by atoms with E-state index < -0.39 is 0 Å². The minimum Gasteiger partial charge on any atom is -0.352 e. The third-order valence-electron chi connectivity index (χ3n) is 2.81. The van der Waals surface area contributed by atoms with E-state index in [0.29, 0.717) is 6.54 Å². The minimum absolute atomic E-state index is 0.665. The number of guanidine groups is 1. The second-order valence-electron chi connectivity index (χ2n) is 4.18. The van der Waals surface area contributed by atoms with Crippen LogP contribution in [-0.2, 0) is 13.1 Å². The topological polar surface area (TPSA) is 53.7 Å². The molecule has 0 aromatic carbocycles. The highest BCUT2D eigenvalue weighted by atomic mass is 32.1. The Morgan fingerprint density at radius 2 is 2.20 bits per heavy atom. The Kier molecular flexibility index (Phi) is 3.98. The van der Waals surface area contributed by atoms with Crippen molar-refractivity contribution < 1.29 is 0 Å². The van der Waals surface area contributed by atoms with Gasteiger partial charge in [0.15, 0.2) is 10.9 Å². The van der Waals surface area contributed by atoms with Crippen molar-refractivity contribution in [3.63, 3.8) is 0 Å². The molecule has 0 spiro atoms. The van der Waals surface area contributed by atoms with Gasteiger partial charge in [-0.1, -0.05) is 6.07 Å². The van der Waals surface area contributed by atoms with Crippen molar-refractivity contribution >= 4 is 33.6 Å². The second kappa shape index (κ2) is 6.06. The minimum atomic E-state index is 0.665. The van der Waals surface area contributed by atoms with Gasteiger partial charge >= 0.3 is 0 Å². The average molecular weight is 305 g/mol. The lowest BCUT2D eigenvalue weighted by molar-refractivity contribution is 0.804. The van der Waals surface area contributed by atoms with Gasteiger partial charge in [0.1, 0.15) is 0 Å². The number of aromatic nitrogens is 2. The molecule has 3 heterocycles. The molecular weight excluding hydrogens is 290 g/mol. The van der Waals surface area contributed by atoms with Gasteiger partial charge < -0.3 is 10.6 Å². The third-order valence-corrected chi connectivity index (χ3v) is 4.46. The Morgan fingerprint density at radius 1 is 1.30 bits per heavy atom. The number of fused-ring (bicyclic) bond motifs is 1. The third kappa shape index (κ3) is 3.00. The highest BCUT2D eigenvalue weighted by molar-refractivity contribution is 7.15. The summed E-state index contributed by atoms with van der Waals surface area (Å²) in [5, 5.41) is 10.7. The lowest BCUT2D eigenvalue weighted by Crippen LogP contribution is -2.36. The highest BCUT2D eigenvalue weighted by Gasteiger charge is 2.04. The van der Waals surface area contributed by atoms with Crippen LogP contribution in [0.25, 0.3) is 4.96 Å². The number of thiophene rings is 1. The number of imidazole rings is 1. The molecule has 20 heavy (non-hydrogen) atoms. The van der Waals surface area contributed by atoms with E-state index >= 15 is 0 Å². The van der Waals surface area contributed by atoms with Gasteiger partial charge in [0.05, 0.1) is 18.8 Å². The predicted octanol–water partition coefficient (Wildman–Crippen LogP) is 2.32. The number of aliphatic imine (C=N–C) groups is 1. The average Bonchev–Trinajstić information content (AvgIpc) is 3.15. The number of nitrogens with zero attached hydrogens (tertiary/aromatic N) is 3. The van der Waals surface area contributed by atoms with E-state index in [-0.39, 0.29) is 0 Å². The molecule has 0 saturated heterocycles. The van der Waals surface area contributed by atoms with Crippen LogP contribution < -0.4 is 10.6 Å². The van der Waals surface area contributed by atoms with E-state index in [1.54, 1.807) is 29.7 Å². The summed E-state index contributed by atoms with van der Waals surface area (Å²) in [5.74, 6) is 0.787. The van der Waals surface area contributed by atoms with E-state index in [9.17, 15) is 0 Å². The molecule has 0 unspecified atom stereocenters. The molecule has 7 heteroatoms. The van der Waals surface area contributed by atoms with E-state index in [4.69, 9.17) is 0 Å². The Morgan fingerprint density at radius 3 is 2.95 bits per heavy atom. The van der Waals surface area contributed by atoms with E-state index in [1.807, 2.05) is 22.2 Å². The van der Waals surface area contributed by atoms with Crippen molar-refractivity contribution in [2.24, 2.45) is 4.99 Å². The van der Waals surface area contributed by atoms with Gasteiger partial charge in [0, 0.05) is 29.7 Å². The molecule has 0 fully saturated rings. The van der Waals surface area contributed by atoms with Crippen LogP contribution in [0, 0.1) is 0 Å². The Bertz CT molecular complexity index is 667. The molecular formula is C13H15N5S2. The van der Waals surface area contributed by atoms with Gasteiger partial charge in [-0.05, 0) is 11.4 Å². The largest absolute Gasteiger partial charge is 0.352 e. The number of hydrogen-bond donors (Lipinski definition) is 2. The maximum atomic E-state index is 4.53. The zero-order valence-corrected chi connectivity index (χ0v) is 12.7.